The van der Waals surface area contributed by atoms with Gasteiger partial charge in [0, 0.05) is 11.5 Å². The first kappa shape index (κ1) is 13.6. The molecule has 2 aliphatic rings. The Morgan fingerprint density at radius 3 is 2.33 bits per heavy atom. The zero-order valence-electron chi connectivity index (χ0n) is 11.0. The Balaban J connectivity index is 1.73. The molecule has 1 aliphatic carbocycles. The summed E-state index contributed by atoms with van der Waals surface area (Å²) in [5, 5.41) is 0. The van der Waals surface area contributed by atoms with Crippen LogP contribution in [0.25, 0.3) is 0 Å². The van der Waals surface area contributed by atoms with E-state index in [2.05, 4.69) is 6.58 Å². The molecular weight excluding hydrogens is 232 g/mol. The van der Waals surface area contributed by atoms with Gasteiger partial charge in [-0.2, -0.15) is 0 Å². The van der Waals surface area contributed by atoms with Crippen molar-refractivity contribution in [3.63, 3.8) is 0 Å². The summed E-state index contributed by atoms with van der Waals surface area (Å²) < 4.78 is 16.6. The molecule has 0 atom stereocenters. The van der Waals surface area contributed by atoms with E-state index in [0.29, 0.717) is 24.7 Å². The number of ether oxygens (including phenoxy) is 3. The molecule has 4 nitrogen and oxygen atoms in total. The van der Waals surface area contributed by atoms with Crippen LogP contribution in [0, 0.1) is 5.92 Å². The summed E-state index contributed by atoms with van der Waals surface area (Å²) in [5.41, 5.74) is 0.407. The smallest absolute Gasteiger partial charge is 0.333 e. The molecule has 4 heteroatoms. The fourth-order valence-corrected chi connectivity index (χ4v) is 2.50. The van der Waals surface area contributed by atoms with E-state index in [0.717, 1.165) is 0 Å². The molecular formula is C14H22O4. The minimum absolute atomic E-state index is 0.106. The van der Waals surface area contributed by atoms with Crippen molar-refractivity contribution in [2.45, 2.75) is 51.4 Å². The quantitative estimate of drug-likeness (QED) is 0.573. The molecule has 0 aromatic rings. The number of carbonyl (C=O) groups excluding carboxylic acids is 1. The molecule has 2 rings (SSSR count). The third kappa shape index (κ3) is 3.56. The maximum atomic E-state index is 11.4. The van der Waals surface area contributed by atoms with Gasteiger partial charge < -0.3 is 14.2 Å². The Morgan fingerprint density at radius 2 is 1.78 bits per heavy atom. The lowest BCUT2D eigenvalue weighted by atomic mass is 9.88. The van der Waals surface area contributed by atoms with Crippen molar-refractivity contribution >= 4 is 5.97 Å². The van der Waals surface area contributed by atoms with Gasteiger partial charge in [-0.3, -0.25) is 0 Å². The van der Waals surface area contributed by atoms with Crippen LogP contribution >= 0.6 is 0 Å². The van der Waals surface area contributed by atoms with Crippen molar-refractivity contribution in [3.8, 4) is 0 Å². The average Bonchev–Trinajstić information content (AvgIpc) is 2.40. The van der Waals surface area contributed by atoms with Gasteiger partial charge in [0.15, 0.2) is 6.29 Å². The molecule has 0 spiro atoms. The van der Waals surface area contributed by atoms with E-state index in [9.17, 15) is 4.79 Å². The molecule has 0 N–H and O–H groups in total. The van der Waals surface area contributed by atoms with Crippen LogP contribution in [0.2, 0.25) is 0 Å². The lowest BCUT2D eigenvalue weighted by Gasteiger charge is -2.35. The van der Waals surface area contributed by atoms with E-state index >= 15 is 0 Å². The second kappa shape index (κ2) is 6.34. The second-order valence-electron chi connectivity index (χ2n) is 5.24. The van der Waals surface area contributed by atoms with Crippen LogP contribution in [0.15, 0.2) is 12.2 Å². The highest BCUT2D eigenvalue weighted by atomic mass is 16.7. The van der Waals surface area contributed by atoms with Crippen molar-refractivity contribution < 1.29 is 19.0 Å². The molecule has 102 valence electrons. The normalized spacial score (nSPS) is 29.8. The topological polar surface area (TPSA) is 44.8 Å². The van der Waals surface area contributed by atoms with E-state index in [4.69, 9.17) is 14.2 Å². The zero-order chi connectivity index (χ0) is 13.0. The van der Waals surface area contributed by atoms with Gasteiger partial charge in [-0.1, -0.05) is 25.8 Å². The zero-order valence-corrected chi connectivity index (χ0v) is 11.0. The predicted molar refractivity (Wildman–Crippen MR) is 67.0 cm³/mol. The fraction of sp³-hybridized carbons (Fsp3) is 0.786. The summed E-state index contributed by atoms with van der Waals surface area (Å²) in [6.07, 6.45) is 5.81. The largest absolute Gasteiger partial charge is 0.454 e. The maximum Gasteiger partial charge on any atom is 0.333 e. The molecule has 0 aromatic carbocycles. The number of esters is 1. The van der Waals surface area contributed by atoms with Crippen LogP contribution in [0.5, 0.6) is 0 Å². The highest BCUT2D eigenvalue weighted by Crippen LogP contribution is 2.30. The monoisotopic (exact) mass is 254 g/mol. The molecule has 1 heterocycles. The first-order chi connectivity index (χ1) is 8.66. The van der Waals surface area contributed by atoms with Gasteiger partial charge >= 0.3 is 5.97 Å². The molecule has 1 saturated heterocycles. The Labute approximate surface area is 108 Å². The van der Waals surface area contributed by atoms with E-state index in [1.165, 1.54) is 32.1 Å². The van der Waals surface area contributed by atoms with Crippen LogP contribution < -0.4 is 0 Å². The molecule has 0 amide bonds. The first-order valence-corrected chi connectivity index (χ1v) is 6.76. The minimum Gasteiger partial charge on any atom is -0.454 e. The van der Waals surface area contributed by atoms with E-state index in [1.807, 2.05) is 0 Å². The summed E-state index contributed by atoms with van der Waals surface area (Å²) in [7, 11) is 0. The molecule has 2 fully saturated rings. The van der Waals surface area contributed by atoms with Gasteiger partial charge in [0.1, 0.15) is 6.10 Å². The summed E-state index contributed by atoms with van der Waals surface area (Å²) >= 11 is 0. The van der Waals surface area contributed by atoms with Gasteiger partial charge in [-0.25, -0.2) is 4.79 Å². The molecule has 18 heavy (non-hydrogen) atoms. The van der Waals surface area contributed by atoms with Crippen molar-refractivity contribution in [3.05, 3.63) is 12.2 Å². The third-order valence-electron chi connectivity index (χ3n) is 3.55. The third-order valence-corrected chi connectivity index (χ3v) is 3.55. The second-order valence-corrected chi connectivity index (χ2v) is 5.24. The molecule has 0 radical (unpaired) electrons. The van der Waals surface area contributed by atoms with Gasteiger partial charge in [0.2, 0.25) is 0 Å². The highest BCUT2D eigenvalue weighted by molar-refractivity contribution is 5.87. The van der Waals surface area contributed by atoms with E-state index in [-0.39, 0.29) is 18.4 Å². The summed E-state index contributed by atoms with van der Waals surface area (Å²) in [4.78, 5) is 11.4. The lowest BCUT2D eigenvalue weighted by molar-refractivity contribution is -0.245. The number of rotatable bonds is 3. The number of carbonyl (C=O) groups is 1. The Kier molecular flexibility index (Phi) is 4.78. The summed E-state index contributed by atoms with van der Waals surface area (Å²) in [5.74, 6) is 0.139. The van der Waals surface area contributed by atoms with Crippen LogP contribution in [0.3, 0.4) is 0 Å². The Bertz CT molecular complexity index is 299. The fourth-order valence-electron chi connectivity index (χ4n) is 2.50. The van der Waals surface area contributed by atoms with Crippen molar-refractivity contribution in [2.75, 3.05) is 13.2 Å². The minimum atomic E-state index is -0.372. The molecule has 0 unspecified atom stereocenters. The summed E-state index contributed by atoms with van der Waals surface area (Å²) in [6.45, 7) is 6.05. The van der Waals surface area contributed by atoms with Crippen LogP contribution in [0.1, 0.15) is 39.0 Å². The standard InChI is InChI=1S/C14H22O4/c1-10(2)13(15)18-12-8-16-14(17-9-12)11-6-4-3-5-7-11/h11-12,14H,1,3-9H2,2H3. The van der Waals surface area contributed by atoms with Crippen molar-refractivity contribution in [1.82, 2.24) is 0 Å². The van der Waals surface area contributed by atoms with Gasteiger partial charge in [0.25, 0.3) is 0 Å². The Hall–Kier alpha value is -0.870. The van der Waals surface area contributed by atoms with Crippen molar-refractivity contribution in [2.24, 2.45) is 5.92 Å². The molecule has 1 aliphatic heterocycles. The number of hydrogen-bond acceptors (Lipinski definition) is 4. The lowest BCUT2D eigenvalue weighted by Crippen LogP contribution is -2.42. The van der Waals surface area contributed by atoms with Gasteiger partial charge in [-0.15, -0.1) is 0 Å². The molecule has 0 bridgehead atoms. The highest BCUT2D eigenvalue weighted by Gasteiger charge is 2.31. The number of hydrogen-bond donors (Lipinski definition) is 0. The SMILES string of the molecule is C=C(C)C(=O)OC1COC(C2CCCCC2)OC1. The van der Waals surface area contributed by atoms with Crippen LogP contribution in [0.4, 0.5) is 0 Å². The Morgan fingerprint density at radius 1 is 1.17 bits per heavy atom. The van der Waals surface area contributed by atoms with E-state index < -0.39 is 0 Å². The van der Waals surface area contributed by atoms with Gasteiger partial charge in [0.05, 0.1) is 13.2 Å². The predicted octanol–water partition coefficient (Wildman–Crippen LogP) is 2.43. The van der Waals surface area contributed by atoms with E-state index in [1.54, 1.807) is 6.92 Å². The molecule has 1 saturated carbocycles. The first-order valence-electron chi connectivity index (χ1n) is 6.76. The van der Waals surface area contributed by atoms with Crippen LogP contribution in [-0.4, -0.2) is 31.6 Å². The van der Waals surface area contributed by atoms with Gasteiger partial charge in [-0.05, 0) is 19.8 Å². The summed E-state index contributed by atoms with van der Waals surface area (Å²) in [6, 6.07) is 0. The molecule has 0 aromatic heterocycles. The van der Waals surface area contributed by atoms with Crippen LogP contribution in [-0.2, 0) is 19.0 Å². The maximum absolute atomic E-state index is 11.4. The van der Waals surface area contributed by atoms with Crippen molar-refractivity contribution in [1.29, 1.82) is 0 Å². The average molecular weight is 254 g/mol.